The molecule has 7 nitrogen and oxygen atoms in total. The second kappa shape index (κ2) is 11.2. The maximum atomic E-state index is 13.2. The molecule has 0 bridgehead atoms. The van der Waals surface area contributed by atoms with Crippen LogP contribution in [0, 0.1) is 13.8 Å². The maximum Gasteiger partial charge on any atom is 0.189 e. The number of aryl methyl sites for hydroxylation is 2. The van der Waals surface area contributed by atoms with Gasteiger partial charge in [-0.25, -0.2) is 9.97 Å². The molecule has 2 N–H and O–H groups in total. The molecule has 0 aliphatic carbocycles. The Morgan fingerprint density at radius 3 is 1.92 bits per heavy atom. The van der Waals surface area contributed by atoms with Crippen LogP contribution in [0.4, 0.5) is 23.0 Å². The lowest BCUT2D eigenvalue weighted by Gasteiger charge is -2.13. The summed E-state index contributed by atoms with van der Waals surface area (Å²) in [5.74, 6) is 2.51. The van der Waals surface area contributed by atoms with Gasteiger partial charge < -0.3 is 20.1 Å². The van der Waals surface area contributed by atoms with Crippen LogP contribution >= 0.6 is 0 Å². The van der Waals surface area contributed by atoms with Gasteiger partial charge in [-0.15, -0.1) is 0 Å². The fraction of sp³-hybridized carbons (Fsp3) is 0.138. The third-order valence-corrected chi connectivity index (χ3v) is 5.70. The van der Waals surface area contributed by atoms with E-state index in [0.717, 1.165) is 39.6 Å². The molecule has 7 heteroatoms. The number of nitrogens with one attached hydrogen (secondary N) is 2. The second-order valence-corrected chi connectivity index (χ2v) is 8.15. The first kappa shape index (κ1) is 24.5. The Bertz CT molecular complexity index is 1420. The van der Waals surface area contributed by atoms with Crippen LogP contribution in [0.5, 0.6) is 11.5 Å². The van der Waals surface area contributed by atoms with E-state index in [0.29, 0.717) is 17.2 Å². The van der Waals surface area contributed by atoms with E-state index in [1.165, 1.54) is 6.08 Å². The Labute approximate surface area is 210 Å². The second-order valence-electron chi connectivity index (χ2n) is 8.15. The van der Waals surface area contributed by atoms with Crippen molar-refractivity contribution >= 4 is 34.9 Å². The molecule has 0 spiro atoms. The Balaban J connectivity index is 1.56. The zero-order chi connectivity index (χ0) is 25.5. The number of ether oxygens (including phenoxy) is 2. The van der Waals surface area contributed by atoms with Crippen molar-refractivity contribution in [2.24, 2.45) is 0 Å². The average Bonchev–Trinajstić information content (AvgIpc) is 2.90. The van der Waals surface area contributed by atoms with Gasteiger partial charge in [-0.3, -0.25) is 4.79 Å². The van der Waals surface area contributed by atoms with Crippen molar-refractivity contribution in [3.8, 4) is 11.5 Å². The van der Waals surface area contributed by atoms with Gasteiger partial charge in [-0.2, -0.15) is 0 Å². The average molecular weight is 481 g/mol. The van der Waals surface area contributed by atoms with E-state index < -0.39 is 0 Å². The van der Waals surface area contributed by atoms with Crippen LogP contribution in [0.15, 0.2) is 79.1 Å². The fourth-order valence-electron chi connectivity index (χ4n) is 3.68. The summed E-state index contributed by atoms with van der Waals surface area (Å²) < 4.78 is 10.6. The monoisotopic (exact) mass is 480 g/mol. The van der Waals surface area contributed by atoms with Gasteiger partial charge in [-0.05, 0) is 97.8 Å². The van der Waals surface area contributed by atoms with Crippen LogP contribution in [-0.2, 0) is 0 Å². The van der Waals surface area contributed by atoms with E-state index in [-0.39, 0.29) is 5.78 Å². The lowest BCUT2D eigenvalue weighted by atomic mass is 10.1. The number of allylic oxidation sites excluding steroid dienone is 1. The molecule has 2 aromatic carbocycles. The molecule has 0 aliphatic heterocycles. The highest BCUT2D eigenvalue weighted by molar-refractivity contribution is 6.10. The molecule has 4 rings (SSSR count). The standard InChI is InChI=1S/C29H28N4O3/c1-19-17-22(35-3)10-12-25(19)32-28-21(7-5-15-30-28)9-14-27(34)24-8-6-16-31-29(24)33-26-13-11-23(36-4)18-20(26)2/h5-18H,1-4H3,(H,30,32)(H,31,33)/b14-9+. The van der Waals surface area contributed by atoms with Crippen LogP contribution in [0.2, 0.25) is 0 Å². The Morgan fingerprint density at radius 2 is 1.33 bits per heavy atom. The van der Waals surface area contributed by atoms with Gasteiger partial charge in [0.25, 0.3) is 0 Å². The van der Waals surface area contributed by atoms with Crippen LogP contribution in [0.3, 0.4) is 0 Å². The molecule has 2 aromatic heterocycles. The van der Waals surface area contributed by atoms with Crippen LogP contribution < -0.4 is 20.1 Å². The Kier molecular flexibility index (Phi) is 7.60. The van der Waals surface area contributed by atoms with Gasteiger partial charge >= 0.3 is 0 Å². The topological polar surface area (TPSA) is 85.4 Å². The number of carbonyl (C=O) groups is 1. The van der Waals surface area contributed by atoms with Gasteiger partial charge in [0.1, 0.15) is 23.1 Å². The molecule has 4 aromatic rings. The molecule has 0 fully saturated rings. The molecule has 0 amide bonds. The molecule has 0 aliphatic rings. The number of rotatable bonds is 9. The SMILES string of the molecule is COc1ccc(Nc2ncccc2/C=C/C(=O)c2cccnc2Nc2ccc(OC)cc2C)c(C)c1. The highest BCUT2D eigenvalue weighted by Gasteiger charge is 2.12. The largest absolute Gasteiger partial charge is 0.497 e. The van der Waals surface area contributed by atoms with Crippen molar-refractivity contribution in [1.82, 2.24) is 9.97 Å². The Hall–Kier alpha value is -4.65. The summed E-state index contributed by atoms with van der Waals surface area (Å²) in [7, 11) is 3.27. The highest BCUT2D eigenvalue weighted by Crippen LogP contribution is 2.27. The van der Waals surface area contributed by atoms with Crippen molar-refractivity contribution in [2.45, 2.75) is 13.8 Å². The summed E-state index contributed by atoms with van der Waals surface area (Å²) in [4.78, 5) is 22.0. The zero-order valence-corrected chi connectivity index (χ0v) is 20.7. The molecule has 182 valence electrons. The van der Waals surface area contributed by atoms with E-state index in [9.17, 15) is 4.79 Å². The van der Waals surface area contributed by atoms with E-state index in [1.54, 1.807) is 44.8 Å². The number of carbonyl (C=O) groups excluding carboxylic acids is 1. The minimum Gasteiger partial charge on any atom is -0.497 e. The number of aromatic nitrogens is 2. The normalized spacial score (nSPS) is 10.8. The van der Waals surface area contributed by atoms with Crippen LogP contribution in [0.1, 0.15) is 27.0 Å². The first-order chi connectivity index (χ1) is 17.5. The molecular formula is C29H28N4O3. The predicted octanol–water partition coefficient (Wildman–Crippen LogP) is 6.49. The third-order valence-electron chi connectivity index (χ3n) is 5.70. The van der Waals surface area contributed by atoms with E-state index in [4.69, 9.17) is 9.47 Å². The number of pyridine rings is 2. The quantitative estimate of drug-likeness (QED) is 0.209. The molecule has 2 heterocycles. The number of ketones is 1. The Morgan fingerprint density at radius 1 is 0.778 bits per heavy atom. The first-order valence-corrected chi connectivity index (χ1v) is 11.4. The molecule has 0 radical (unpaired) electrons. The highest BCUT2D eigenvalue weighted by atomic mass is 16.5. The molecule has 36 heavy (non-hydrogen) atoms. The lowest BCUT2D eigenvalue weighted by Crippen LogP contribution is -2.04. The summed E-state index contributed by atoms with van der Waals surface area (Å²) in [5.41, 5.74) is 5.00. The molecule has 0 saturated carbocycles. The van der Waals surface area contributed by atoms with Crippen molar-refractivity contribution in [3.05, 3.63) is 101 Å². The summed E-state index contributed by atoms with van der Waals surface area (Å²) >= 11 is 0. The number of benzene rings is 2. The molecule has 0 saturated heterocycles. The zero-order valence-electron chi connectivity index (χ0n) is 20.7. The van der Waals surface area contributed by atoms with Crippen LogP contribution in [0.25, 0.3) is 6.08 Å². The number of hydrogen-bond acceptors (Lipinski definition) is 7. The smallest absolute Gasteiger partial charge is 0.189 e. The van der Waals surface area contributed by atoms with Crippen molar-refractivity contribution in [1.29, 1.82) is 0 Å². The summed E-state index contributed by atoms with van der Waals surface area (Å²) in [5, 5.41) is 6.63. The van der Waals surface area contributed by atoms with Crippen molar-refractivity contribution in [2.75, 3.05) is 24.9 Å². The number of methoxy groups -OCH3 is 2. The number of nitrogens with zero attached hydrogens (tertiary/aromatic N) is 2. The van der Waals surface area contributed by atoms with Crippen LogP contribution in [-0.4, -0.2) is 30.0 Å². The van der Waals surface area contributed by atoms with Gasteiger partial charge in [-0.1, -0.05) is 0 Å². The van der Waals surface area contributed by atoms with E-state index >= 15 is 0 Å². The minimum absolute atomic E-state index is 0.174. The maximum absolute atomic E-state index is 13.2. The summed E-state index contributed by atoms with van der Waals surface area (Å²) in [6.45, 7) is 3.96. The number of hydrogen-bond donors (Lipinski definition) is 2. The van der Waals surface area contributed by atoms with Gasteiger partial charge in [0.05, 0.1) is 19.8 Å². The van der Waals surface area contributed by atoms with Crippen molar-refractivity contribution in [3.63, 3.8) is 0 Å². The molecule has 0 atom stereocenters. The fourth-order valence-corrected chi connectivity index (χ4v) is 3.68. The molecular weight excluding hydrogens is 452 g/mol. The molecule has 0 unspecified atom stereocenters. The third kappa shape index (κ3) is 5.70. The van der Waals surface area contributed by atoms with Crippen molar-refractivity contribution < 1.29 is 14.3 Å². The van der Waals surface area contributed by atoms with E-state index in [1.807, 2.05) is 62.4 Å². The van der Waals surface area contributed by atoms with E-state index in [2.05, 4.69) is 20.6 Å². The van der Waals surface area contributed by atoms with Gasteiger partial charge in [0, 0.05) is 29.3 Å². The van der Waals surface area contributed by atoms with Gasteiger partial charge in [0.15, 0.2) is 5.78 Å². The minimum atomic E-state index is -0.174. The summed E-state index contributed by atoms with van der Waals surface area (Å²) in [6.07, 6.45) is 6.65. The summed E-state index contributed by atoms with van der Waals surface area (Å²) in [6, 6.07) is 18.7. The van der Waals surface area contributed by atoms with Gasteiger partial charge in [0.2, 0.25) is 0 Å². The lowest BCUT2D eigenvalue weighted by molar-refractivity contribution is 0.104. The number of anilines is 4. The predicted molar refractivity (Wildman–Crippen MR) is 144 cm³/mol. The first-order valence-electron chi connectivity index (χ1n) is 11.4.